The maximum atomic E-state index is 2.31. The second-order valence-electron chi connectivity index (χ2n) is 6.67. The van der Waals surface area contributed by atoms with Crippen molar-refractivity contribution in [3.63, 3.8) is 0 Å². The Balaban J connectivity index is 1.82. The van der Waals surface area contributed by atoms with Crippen molar-refractivity contribution in [3.8, 4) is 16.1 Å². The molecule has 0 aliphatic carbocycles. The lowest BCUT2D eigenvalue weighted by Crippen LogP contribution is -1.96. The standard InChI is InChI=1S/C22H21NS/c1-16(2)14-17-9-11-18(12-10-17)23-15-20(22-8-5-13-24-22)19-6-3-4-7-21(19)23/h3-13,15-16H,14H2,1-2H3. The van der Waals surface area contributed by atoms with Crippen molar-refractivity contribution >= 4 is 22.2 Å². The van der Waals surface area contributed by atoms with Gasteiger partial charge < -0.3 is 4.57 Å². The van der Waals surface area contributed by atoms with Gasteiger partial charge in [0.15, 0.2) is 0 Å². The highest BCUT2D eigenvalue weighted by Gasteiger charge is 2.11. The quantitative estimate of drug-likeness (QED) is 0.399. The van der Waals surface area contributed by atoms with Crippen LogP contribution in [0.1, 0.15) is 19.4 Å². The second kappa shape index (κ2) is 6.29. The van der Waals surface area contributed by atoms with Gasteiger partial charge in [0, 0.05) is 27.7 Å². The molecule has 0 N–H and O–H groups in total. The van der Waals surface area contributed by atoms with Crippen LogP contribution in [0.15, 0.2) is 72.2 Å². The summed E-state index contributed by atoms with van der Waals surface area (Å²) in [5.74, 6) is 0.689. The van der Waals surface area contributed by atoms with E-state index < -0.39 is 0 Å². The second-order valence-corrected chi connectivity index (χ2v) is 7.62. The summed E-state index contributed by atoms with van der Waals surface area (Å²) in [4.78, 5) is 1.32. The molecular weight excluding hydrogens is 310 g/mol. The van der Waals surface area contributed by atoms with Crippen LogP contribution in [0.2, 0.25) is 0 Å². The summed E-state index contributed by atoms with van der Waals surface area (Å²) in [7, 11) is 0. The van der Waals surface area contributed by atoms with Crippen molar-refractivity contribution in [1.29, 1.82) is 0 Å². The fourth-order valence-electron chi connectivity index (χ4n) is 3.29. The minimum atomic E-state index is 0.689. The summed E-state index contributed by atoms with van der Waals surface area (Å²) in [5.41, 5.74) is 5.20. The van der Waals surface area contributed by atoms with Gasteiger partial charge in [-0.2, -0.15) is 0 Å². The molecule has 120 valence electrons. The van der Waals surface area contributed by atoms with Crippen LogP contribution < -0.4 is 0 Å². The lowest BCUT2D eigenvalue weighted by atomic mass is 10.0. The van der Waals surface area contributed by atoms with E-state index in [1.165, 1.54) is 32.6 Å². The molecule has 0 saturated carbocycles. The first-order valence-corrected chi connectivity index (χ1v) is 9.33. The number of fused-ring (bicyclic) bond motifs is 1. The SMILES string of the molecule is CC(C)Cc1ccc(-n2cc(-c3cccs3)c3ccccc32)cc1. The van der Waals surface area contributed by atoms with Gasteiger partial charge in [0.2, 0.25) is 0 Å². The molecule has 0 bridgehead atoms. The van der Waals surface area contributed by atoms with E-state index in [0.717, 1.165) is 6.42 Å². The fourth-order valence-corrected chi connectivity index (χ4v) is 4.04. The lowest BCUT2D eigenvalue weighted by Gasteiger charge is -2.08. The molecule has 4 aromatic rings. The number of rotatable bonds is 4. The van der Waals surface area contributed by atoms with E-state index >= 15 is 0 Å². The van der Waals surface area contributed by atoms with Crippen LogP contribution in [-0.2, 0) is 6.42 Å². The first-order chi connectivity index (χ1) is 11.7. The van der Waals surface area contributed by atoms with E-state index in [9.17, 15) is 0 Å². The highest BCUT2D eigenvalue weighted by molar-refractivity contribution is 7.13. The van der Waals surface area contributed by atoms with Gasteiger partial charge >= 0.3 is 0 Å². The Hall–Kier alpha value is -2.32. The molecule has 0 spiro atoms. The van der Waals surface area contributed by atoms with Crippen molar-refractivity contribution in [3.05, 3.63) is 77.8 Å². The fraction of sp³-hybridized carbons (Fsp3) is 0.182. The zero-order valence-electron chi connectivity index (χ0n) is 14.1. The predicted octanol–water partition coefficient (Wildman–Crippen LogP) is 6.56. The van der Waals surface area contributed by atoms with Crippen LogP contribution in [0.25, 0.3) is 27.0 Å². The number of nitrogens with zero attached hydrogens (tertiary/aromatic N) is 1. The van der Waals surface area contributed by atoms with E-state index in [1.807, 2.05) is 0 Å². The molecular formula is C22H21NS. The van der Waals surface area contributed by atoms with Crippen molar-refractivity contribution in [1.82, 2.24) is 4.57 Å². The molecule has 0 unspecified atom stereocenters. The number of para-hydroxylation sites is 1. The van der Waals surface area contributed by atoms with Gasteiger partial charge in [-0.1, -0.05) is 50.2 Å². The maximum absolute atomic E-state index is 2.31. The van der Waals surface area contributed by atoms with Gasteiger partial charge in [-0.05, 0) is 47.5 Å². The molecule has 0 fully saturated rings. The van der Waals surface area contributed by atoms with E-state index in [-0.39, 0.29) is 0 Å². The number of hydrogen-bond acceptors (Lipinski definition) is 1. The van der Waals surface area contributed by atoms with Crippen LogP contribution in [0, 0.1) is 5.92 Å². The van der Waals surface area contributed by atoms with Gasteiger partial charge in [-0.25, -0.2) is 0 Å². The van der Waals surface area contributed by atoms with E-state index in [1.54, 1.807) is 11.3 Å². The van der Waals surface area contributed by atoms with Crippen LogP contribution in [0.5, 0.6) is 0 Å². The molecule has 2 heterocycles. The number of benzene rings is 2. The third kappa shape index (κ3) is 2.78. The molecule has 0 saturated heterocycles. The molecule has 0 atom stereocenters. The molecule has 0 amide bonds. The van der Waals surface area contributed by atoms with Crippen LogP contribution >= 0.6 is 11.3 Å². The molecule has 4 rings (SSSR count). The van der Waals surface area contributed by atoms with Gasteiger partial charge in [0.25, 0.3) is 0 Å². The largest absolute Gasteiger partial charge is 0.316 e. The molecule has 24 heavy (non-hydrogen) atoms. The molecule has 2 aromatic carbocycles. The minimum absolute atomic E-state index is 0.689. The molecule has 2 heteroatoms. The van der Waals surface area contributed by atoms with Crippen molar-refractivity contribution in [2.45, 2.75) is 20.3 Å². The monoisotopic (exact) mass is 331 g/mol. The molecule has 0 radical (unpaired) electrons. The molecule has 0 aliphatic heterocycles. The normalized spacial score (nSPS) is 11.5. The van der Waals surface area contributed by atoms with Gasteiger partial charge in [-0.15, -0.1) is 11.3 Å². The zero-order valence-corrected chi connectivity index (χ0v) is 14.9. The Labute approximate surface area is 147 Å². The summed E-state index contributed by atoms with van der Waals surface area (Å²) < 4.78 is 2.31. The summed E-state index contributed by atoms with van der Waals surface area (Å²) in [6.07, 6.45) is 3.40. The highest BCUT2D eigenvalue weighted by atomic mass is 32.1. The topological polar surface area (TPSA) is 4.93 Å². The Morgan fingerprint density at radius 3 is 2.42 bits per heavy atom. The van der Waals surface area contributed by atoms with Crippen molar-refractivity contribution in [2.75, 3.05) is 0 Å². The van der Waals surface area contributed by atoms with Crippen molar-refractivity contribution < 1.29 is 0 Å². The summed E-state index contributed by atoms with van der Waals surface area (Å²) in [6, 6.07) is 22.0. The van der Waals surface area contributed by atoms with Crippen LogP contribution in [0.3, 0.4) is 0 Å². The van der Waals surface area contributed by atoms with Gasteiger partial charge in [0.05, 0.1) is 5.52 Å². The third-order valence-electron chi connectivity index (χ3n) is 4.36. The van der Waals surface area contributed by atoms with Gasteiger partial charge in [0.1, 0.15) is 0 Å². The third-order valence-corrected chi connectivity index (χ3v) is 5.26. The molecule has 1 nitrogen and oxygen atoms in total. The Bertz CT molecular complexity index is 943. The summed E-state index contributed by atoms with van der Waals surface area (Å²) in [6.45, 7) is 4.53. The zero-order chi connectivity index (χ0) is 16.5. The van der Waals surface area contributed by atoms with Crippen molar-refractivity contribution in [2.24, 2.45) is 5.92 Å². The molecule has 2 aromatic heterocycles. The number of thiophene rings is 1. The smallest absolute Gasteiger partial charge is 0.0535 e. The van der Waals surface area contributed by atoms with Crippen LogP contribution in [0.4, 0.5) is 0 Å². The van der Waals surface area contributed by atoms with E-state index in [4.69, 9.17) is 0 Å². The van der Waals surface area contributed by atoms with E-state index in [2.05, 4.69) is 90.7 Å². The van der Waals surface area contributed by atoms with Gasteiger partial charge in [-0.3, -0.25) is 0 Å². The predicted molar refractivity (Wildman–Crippen MR) is 105 cm³/mol. The molecule has 0 aliphatic rings. The number of aromatic nitrogens is 1. The summed E-state index contributed by atoms with van der Waals surface area (Å²) in [5, 5.41) is 3.45. The van der Waals surface area contributed by atoms with E-state index in [0.29, 0.717) is 5.92 Å². The average Bonchev–Trinajstić information content (AvgIpc) is 3.22. The highest BCUT2D eigenvalue weighted by Crippen LogP contribution is 2.34. The maximum Gasteiger partial charge on any atom is 0.0535 e. The Morgan fingerprint density at radius 1 is 0.917 bits per heavy atom. The lowest BCUT2D eigenvalue weighted by molar-refractivity contribution is 0.647. The van der Waals surface area contributed by atoms with Crippen LogP contribution in [-0.4, -0.2) is 4.57 Å². The Kier molecular flexibility index (Phi) is 3.99. The first kappa shape index (κ1) is 15.2. The first-order valence-electron chi connectivity index (χ1n) is 8.45. The Morgan fingerprint density at radius 2 is 1.71 bits per heavy atom. The summed E-state index contributed by atoms with van der Waals surface area (Å²) >= 11 is 1.80. The minimum Gasteiger partial charge on any atom is -0.316 e. The number of hydrogen-bond donors (Lipinski definition) is 0. The average molecular weight is 331 g/mol.